The lowest BCUT2D eigenvalue weighted by Crippen LogP contribution is -2.35. The van der Waals surface area contributed by atoms with Gasteiger partial charge in [-0.15, -0.1) is 0 Å². The van der Waals surface area contributed by atoms with E-state index in [0.717, 1.165) is 32.4 Å². The summed E-state index contributed by atoms with van der Waals surface area (Å²) in [5.74, 6) is 0.283. The van der Waals surface area contributed by atoms with Gasteiger partial charge in [-0.1, -0.05) is 23.4 Å². The molecule has 1 N–H and O–H groups in total. The molecule has 0 unspecified atom stereocenters. The van der Waals surface area contributed by atoms with Crippen LogP contribution in [-0.2, 0) is 6.54 Å². The van der Waals surface area contributed by atoms with E-state index < -0.39 is 0 Å². The topological polar surface area (TPSA) is 69.8 Å². The van der Waals surface area contributed by atoms with Gasteiger partial charge in [-0.25, -0.2) is 4.39 Å². The molecule has 0 spiro atoms. The SMILES string of the molecule is O=C(c1cc(CN2CCC(O)CC2)on1)N1CC[C@H](c2ccccc2F)C1. The van der Waals surface area contributed by atoms with E-state index >= 15 is 0 Å². The van der Waals surface area contributed by atoms with Crippen molar-refractivity contribution in [1.82, 2.24) is 15.0 Å². The second kappa shape index (κ2) is 7.78. The Labute approximate surface area is 157 Å². The number of benzene rings is 1. The molecule has 4 rings (SSSR count). The highest BCUT2D eigenvalue weighted by molar-refractivity contribution is 5.92. The van der Waals surface area contributed by atoms with Crippen LogP contribution < -0.4 is 0 Å². The van der Waals surface area contributed by atoms with E-state index in [1.165, 1.54) is 6.07 Å². The van der Waals surface area contributed by atoms with Gasteiger partial charge in [0.2, 0.25) is 0 Å². The van der Waals surface area contributed by atoms with Crippen LogP contribution in [0.15, 0.2) is 34.9 Å². The number of likely N-dealkylation sites (tertiary alicyclic amines) is 2. The Bertz CT molecular complexity index is 801. The van der Waals surface area contributed by atoms with Crippen molar-refractivity contribution in [3.05, 3.63) is 53.2 Å². The lowest BCUT2D eigenvalue weighted by atomic mass is 9.98. The molecule has 2 aliphatic rings. The quantitative estimate of drug-likeness (QED) is 0.891. The van der Waals surface area contributed by atoms with E-state index in [9.17, 15) is 14.3 Å². The van der Waals surface area contributed by atoms with Gasteiger partial charge in [-0.2, -0.15) is 0 Å². The number of aromatic nitrogens is 1. The fourth-order valence-corrected chi connectivity index (χ4v) is 3.95. The second-order valence-electron chi connectivity index (χ2n) is 7.44. The summed E-state index contributed by atoms with van der Waals surface area (Å²) in [6, 6.07) is 8.45. The molecule has 7 heteroatoms. The Morgan fingerprint density at radius 2 is 2.00 bits per heavy atom. The van der Waals surface area contributed by atoms with E-state index in [-0.39, 0.29) is 23.7 Å². The third-order valence-electron chi connectivity index (χ3n) is 5.54. The number of hydrogen-bond acceptors (Lipinski definition) is 5. The summed E-state index contributed by atoms with van der Waals surface area (Å²) in [6.07, 6.45) is 2.04. The third-order valence-corrected chi connectivity index (χ3v) is 5.54. The summed E-state index contributed by atoms with van der Waals surface area (Å²) in [4.78, 5) is 16.6. The number of amides is 1. The van der Waals surface area contributed by atoms with Crippen molar-refractivity contribution in [3.8, 4) is 0 Å². The third kappa shape index (κ3) is 4.04. The maximum Gasteiger partial charge on any atom is 0.276 e. The molecule has 0 radical (unpaired) electrons. The summed E-state index contributed by atoms with van der Waals surface area (Å²) < 4.78 is 19.3. The van der Waals surface area contributed by atoms with Gasteiger partial charge in [0, 0.05) is 38.2 Å². The fraction of sp³-hybridized carbons (Fsp3) is 0.500. The van der Waals surface area contributed by atoms with Crippen molar-refractivity contribution in [2.45, 2.75) is 37.8 Å². The van der Waals surface area contributed by atoms with Gasteiger partial charge in [0.25, 0.3) is 5.91 Å². The fourth-order valence-electron chi connectivity index (χ4n) is 3.95. The Morgan fingerprint density at radius 3 is 2.78 bits per heavy atom. The lowest BCUT2D eigenvalue weighted by molar-refractivity contribution is 0.0744. The molecule has 3 heterocycles. The van der Waals surface area contributed by atoms with Crippen LogP contribution in [0.3, 0.4) is 0 Å². The molecule has 2 saturated heterocycles. The van der Waals surface area contributed by atoms with Crippen LogP contribution >= 0.6 is 0 Å². The highest BCUT2D eigenvalue weighted by Gasteiger charge is 2.31. The van der Waals surface area contributed by atoms with Gasteiger partial charge in [0.05, 0.1) is 12.6 Å². The minimum absolute atomic E-state index is 0.0151. The number of hydrogen-bond donors (Lipinski definition) is 1. The predicted octanol–water partition coefficient (Wildman–Crippen LogP) is 2.40. The van der Waals surface area contributed by atoms with Crippen LogP contribution in [0, 0.1) is 5.82 Å². The largest absolute Gasteiger partial charge is 0.393 e. The molecule has 2 fully saturated rings. The first-order valence-electron chi connectivity index (χ1n) is 9.50. The minimum Gasteiger partial charge on any atom is -0.393 e. The molecule has 6 nitrogen and oxygen atoms in total. The molecule has 1 aromatic heterocycles. The number of rotatable bonds is 4. The number of aliphatic hydroxyl groups excluding tert-OH is 1. The summed E-state index contributed by atoms with van der Waals surface area (Å²) in [5.41, 5.74) is 0.970. The number of carbonyl (C=O) groups is 1. The average Bonchev–Trinajstić information content (AvgIpc) is 3.33. The molecule has 1 aromatic carbocycles. The van der Waals surface area contributed by atoms with Crippen molar-refractivity contribution >= 4 is 5.91 Å². The number of piperidine rings is 1. The highest BCUT2D eigenvalue weighted by Crippen LogP contribution is 2.29. The zero-order chi connectivity index (χ0) is 18.8. The Hall–Kier alpha value is -2.25. The molecule has 2 aliphatic heterocycles. The zero-order valence-electron chi connectivity index (χ0n) is 15.2. The summed E-state index contributed by atoms with van der Waals surface area (Å²) >= 11 is 0. The number of carbonyl (C=O) groups excluding carboxylic acids is 1. The van der Waals surface area contributed by atoms with E-state index in [1.54, 1.807) is 23.1 Å². The van der Waals surface area contributed by atoms with Gasteiger partial charge in [0.15, 0.2) is 11.5 Å². The van der Waals surface area contributed by atoms with Crippen LogP contribution in [0.4, 0.5) is 4.39 Å². The molecule has 144 valence electrons. The molecule has 0 aliphatic carbocycles. The number of halogens is 1. The van der Waals surface area contributed by atoms with Crippen LogP contribution in [0.25, 0.3) is 0 Å². The standard InChI is InChI=1S/C20H24FN3O3/c21-18-4-2-1-3-17(18)14-5-10-24(12-14)20(26)19-11-16(27-22-19)13-23-8-6-15(25)7-9-23/h1-4,11,14-15,25H,5-10,12-13H2/t14-/m0/s1. The van der Waals surface area contributed by atoms with Crippen LogP contribution in [0.5, 0.6) is 0 Å². The summed E-state index contributed by atoms with van der Waals surface area (Å²) in [7, 11) is 0. The molecular formula is C20H24FN3O3. The van der Waals surface area contributed by atoms with Gasteiger partial charge < -0.3 is 14.5 Å². The molecule has 2 aromatic rings. The molecule has 0 saturated carbocycles. The number of aliphatic hydroxyl groups is 1. The van der Waals surface area contributed by atoms with Crippen molar-refractivity contribution < 1.29 is 18.8 Å². The first-order valence-corrected chi connectivity index (χ1v) is 9.50. The Balaban J connectivity index is 1.36. The molecule has 0 bridgehead atoms. The van der Waals surface area contributed by atoms with Crippen LogP contribution in [0.1, 0.15) is 47.0 Å². The van der Waals surface area contributed by atoms with Crippen molar-refractivity contribution in [2.75, 3.05) is 26.2 Å². The molecule has 1 atom stereocenters. The van der Waals surface area contributed by atoms with E-state index in [4.69, 9.17) is 4.52 Å². The monoisotopic (exact) mass is 373 g/mol. The van der Waals surface area contributed by atoms with E-state index in [0.29, 0.717) is 36.7 Å². The Kier molecular flexibility index (Phi) is 5.22. The van der Waals surface area contributed by atoms with Crippen molar-refractivity contribution in [3.63, 3.8) is 0 Å². The van der Waals surface area contributed by atoms with E-state index in [1.807, 2.05) is 6.07 Å². The predicted molar refractivity (Wildman–Crippen MR) is 96.7 cm³/mol. The Morgan fingerprint density at radius 1 is 1.22 bits per heavy atom. The second-order valence-corrected chi connectivity index (χ2v) is 7.44. The average molecular weight is 373 g/mol. The minimum atomic E-state index is -0.217. The van der Waals surface area contributed by atoms with Gasteiger partial charge >= 0.3 is 0 Å². The first kappa shape index (κ1) is 18.1. The maximum absolute atomic E-state index is 14.0. The van der Waals surface area contributed by atoms with Crippen molar-refractivity contribution in [1.29, 1.82) is 0 Å². The maximum atomic E-state index is 14.0. The smallest absolute Gasteiger partial charge is 0.276 e. The van der Waals surface area contributed by atoms with Gasteiger partial charge in [-0.3, -0.25) is 9.69 Å². The van der Waals surface area contributed by atoms with Crippen LogP contribution in [0.2, 0.25) is 0 Å². The van der Waals surface area contributed by atoms with Crippen molar-refractivity contribution in [2.24, 2.45) is 0 Å². The molecular weight excluding hydrogens is 349 g/mol. The first-order chi connectivity index (χ1) is 13.1. The van der Waals surface area contributed by atoms with Gasteiger partial charge in [-0.05, 0) is 30.9 Å². The summed E-state index contributed by atoms with van der Waals surface area (Å²) in [5, 5.41) is 13.5. The number of nitrogens with zero attached hydrogens (tertiary/aromatic N) is 3. The molecule has 1 amide bonds. The zero-order valence-corrected chi connectivity index (χ0v) is 15.2. The molecule has 27 heavy (non-hydrogen) atoms. The van der Waals surface area contributed by atoms with Crippen LogP contribution in [-0.4, -0.2) is 58.3 Å². The van der Waals surface area contributed by atoms with Gasteiger partial charge in [0.1, 0.15) is 5.82 Å². The normalized spacial score (nSPS) is 21.7. The van der Waals surface area contributed by atoms with E-state index in [2.05, 4.69) is 10.1 Å². The highest BCUT2D eigenvalue weighted by atomic mass is 19.1. The lowest BCUT2D eigenvalue weighted by Gasteiger charge is -2.28. The summed E-state index contributed by atoms with van der Waals surface area (Å²) in [6.45, 7) is 3.28.